The van der Waals surface area contributed by atoms with Gasteiger partial charge in [-0.15, -0.1) is 0 Å². The van der Waals surface area contributed by atoms with Crippen LogP contribution in [0.5, 0.6) is 0 Å². The second-order valence-corrected chi connectivity index (χ2v) is 5.39. The minimum absolute atomic E-state index is 0.889. The van der Waals surface area contributed by atoms with Gasteiger partial charge in [0.05, 0.1) is 0 Å². The zero-order valence-corrected chi connectivity index (χ0v) is 9.13. The lowest BCUT2D eigenvalue weighted by Crippen LogP contribution is -2.47. The molecule has 1 heteroatoms. The van der Waals surface area contributed by atoms with Crippen molar-refractivity contribution in [2.24, 2.45) is 17.8 Å². The van der Waals surface area contributed by atoms with Crippen molar-refractivity contribution in [1.82, 2.24) is 4.90 Å². The zero-order chi connectivity index (χ0) is 9.26. The van der Waals surface area contributed by atoms with Crippen LogP contribution in [0.15, 0.2) is 0 Å². The van der Waals surface area contributed by atoms with Crippen molar-refractivity contribution in [3.8, 4) is 0 Å². The molecule has 0 aromatic rings. The molecule has 1 nitrogen and oxygen atoms in total. The molecule has 1 saturated heterocycles. The van der Waals surface area contributed by atoms with E-state index in [1.54, 1.807) is 0 Å². The smallest absolute Gasteiger partial charge is 0.00247 e. The summed E-state index contributed by atoms with van der Waals surface area (Å²) in [5.41, 5.74) is 0. The van der Waals surface area contributed by atoms with E-state index in [-0.39, 0.29) is 0 Å². The van der Waals surface area contributed by atoms with E-state index in [4.69, 9.17) is 0 Å². The monoisotopic (exact) mass is 181 g/mol. The number of hydrogen-bond donors (Lipinski definition) is 0. The molecule has 1 saturated carbocycles. The molecule has 1 heterocycles. The summed E-state index contributed by atoms with van der Waals surface area (Å²) in [5, 5.41) is 0. The Morgan fingerprint density at radius 1 is 1.15 bits per heavy atom. The fourth-order valence-corrected chi connectivity index (χ4v) is 2.38. The first-order valence-corrected chi connectivity index (χ1v) is 5.98. The minimum Gasteiger partial charge on any atom is -0.303 e. The summed E-state index contributed by atoms with van der Waals surface area (Å²) in [4.78, 5) is 2.64. The van der Waals surface area contributed by atoms with Crippen LogP contribution in [0.4, 0.5) is 0 Å². The van der Waals surface area contributed by atoms with E-state index >= 15 is 0 Å². The average molecular weight is 181 g/mol. The summed E-state index contributed by atoms with van der Waals surface area (Å²) in [7, 11) is 0. The topological polar surface area (TPSA) is 3.24 Å². The zero-order valence-electron chi connectivity index (χ0n) is 9.13. The molecule has 0 aromatic heterocycles. The van der Waals surface area contributed by atoms with Crippen molar-refractivity contribution in [3.63, 3.8) is 0 Å². The van der Waals surface area contributed by atoms with E-state index in [0.29, 0.717) is 0 Å². The first-order chi connectivity index (χ1) is 6.25. The van der Waals surface area contributed by atoms with Gasteiger partial charge in [-0.05, 0) is 50.0 Å². The molecule has 76 valence electrons. The molecule has 13 heavy (non-hydrogen) atoms. The highest BCUT2D eigenvalue weighted by atomic mass is 15.2. The number of rotatable bonds is 5. The summed E-state index contributed by atoms with van der Waals surface area (Å²) in [6, 6.07) is 0. The molecular formula is C12H23N. The van der Waals surface area contributed by atoms with Gasteiger partial charge in [0.2, 0.25) is 0 Å². The van der Waals surface area contributed by atoms with Crippen LogP contribution in [0.3, 0.4) is 0 Å². The first-order valence-electron chi connectivity index (χ1n) is 5.98. The van der Waals surface area contributed by atoms with Crippen LogP contribution in [0.25, 0.3) is 0 Å². The van der Waals surface area contributed by atoms with E-state index in [2.05, 4.69) is 18.7 Å². The molecule has 2 rings (SSSR count). The summed E-state index contributed by atoms with van der Waals surface area (Å²) in [6.45, 7) is 8.85. The molecule has 2 fully saturated rings. The molecule has 0 spiro atoms. The predicted molar refractivity (Wildman–Crippen MR) is 56.7 cm³/mol. The maximum atomic E-state index is 2.64. The van der Waals surface area contributed by atoms with Gasteiger partial charge < -0.3 is 4.90 Å². The Kier molecular flexibility index (Phi) is 2.92. The lowest BCUT2D eigenvalue weighted by molar-refractivity contribution is 0.0826. The molecule has 0 radical (unpaired) electrons. The van der Waals surface area contributed by atoms with Crippen LogP contribution in [0.1, 0.15) is 39.5 Å². The van der Waals surface area contributed by atoms with Crippen molar-refractivity contribution >= 4 is 0 Å². The van der Waals surface area contributed by atoms with Gasteiger partial charge >= 0.3 is 0 Å². The minimum atomic E-state index is 0.889. The highest BCUT2D eigenvalue weighted by Crippen LogP contribution is 2.41. The molecule has 0 bridgehead atoms. The SMILES string of the molecule is CC(C)CCCN1CC(C2CC2)C1. The van der Waals surface area contributed by atoms with E-state index in [0.717, 1.165) is 17.8 Å². The van der Waals surface area contributed by atoms with Crippen molar-refractivity contribution in [3.05, 3.63) is 0 Å². The van der Waals surface area contributed by atoms with Crippen LogP contribution in [0, 0.1) is 17.8 Å². The van der Waals surface area contributed by atoms with Gasteiger partial charge in [0, 0.05) is 13.1 Å². The lowest BCUT2D eigenvalue weighted by atomic mass is 9.94. The third-order valence-electron chi connectivity index (χ3n) is 3.53. The Labute approximate surface area is 82.5 Å². The van der Waals surface area contributed by atoms with E-state index in [1.165, 1.54) is 45.3 Å². The summed E-state index contributed by atoms with van der Waals surface area (Å²) in [5.74, 6) is 3.13. The van der Waals surface area contributed by atoms with E-state index < -0.39 is 0 Å². The van der Waals surface area contributed by atoms with Crippen LogP contribution in [-0.2, 0) is 0 Å². The molecular weight excluding hydrogens is 158 g/mol. The number of hydrogen-bond acceptors (Lipinski definition) is 1. The second kappa shape index (κ2) is 4.00. The highest BCUT2D eigenvalue weighted by Gasteiger charge is 2.38. The van der Waals surface area contributed by atoms with E-state index in [1.807, 2.05) is 0 Å². The van der Waals surface area contributed by atoms with Crippen LogP contribution < -0.4 is 0 Å². The van der Waals surface area contributed by atoms with Crippen molar-refractivity contribution < 1.29 is 0 Å². The quantitative estimate of drug-likeness (QED) is 0.630. The highest BCUT2D eigenvalue weighted by molar-refractivity contribution is 4.91. The fraction of sp³-hybridized carbons (Fsp3) is 1.00. The van der Waals surface area contributed by atoms with Gasteiger partial charge in [-0.2, -0.15) is 0 Å². The standard InChI is InChI=1S/C12H23N/c1-10(2)4-3-7-13-8-12(9-13)11-5-6-11/h10-12H,3-9H2,1-2H3. The summed E-state index contributed by atoms with van der Waals surface area (Å²) >= 11 is 0. The van der Waals surface area contributed by atoms with Crippen LogP contribution >= 0.6 is 0 Å². The Hall–Kier alpha value is -0.0400. The van der Waals surface area contributed by atoms with Crippen molar-refractivity contribution in [1.29, 1.82) is 0 Å². The Bertz CT molecular complexity index is 155. The lowest BCUT2D eigenvalue weighted by Gasteiger charge is -2.39. The molecule has 0 amide bonds. The third-order valence-corrected chi connectivity index (χ3v) is 3.53. The second-order valence-electron chi connectivity index (χ2n) is 5.39. The maximum absolute atomic E-state index is 2.64. The Balaban J connectivity index is 1.49. The Morgan fingerprint density at radius 3 is 2.38 bits per heavy atom. The maximum Gasteiger partial charge on any atom is 0.00247 e. The first kappa shape index (κ1) is 9.51. The average Bonchev–Trinajstić information content (AvgIpc) is 2.75. The van der Waals surface area contributed by atoms with Gasteiger partial charge in [0.25, 0.3) is 0 Å². The number of likely N-dealkylation sites (tertiary alicyclic amines) is 1. The van der Waals surface area contributed by atoms with Gasteiger partial charge in [-0.1, -0.05) is 13.8 Å². The largest absolute Gasteiger partial charge is 0.303 e. The van der Waals surface area contributed by atoms with Gasteiger partial charge in [0.1, 0.15) is 0 Å². The molecule has 1 aliphatic carbocycles. The van der Waals surface area contributed by atoms with Crippen molar-refractivity contribution in [2.75, 3.05) is 19.6 Å². The number of nitrogens with zero attached hydrogens (tertiary/aromatic N) is 1. The molecule has 2 aliphatic rings. The van der Waals surface area contributed by atoms with Gasteiger partial charge in [0.15, 0.2) is 0 Å². The fourth-order valence-electron chi connectivity index (χ4n) is 2.38. The predicted octanol–water partition coefficient (Wildman–Crippen LogP) is 2.76. The third kappa shape index (κ3) is 2.70. The molecule has 0 unspecified atom stereocenters. The summed E-state index contributed by atoms with van der Waals surface area (Å²) < 4.78 is 0. The van der Waals surface area contributed by atoms with Crippen molar-refractivity contribution in [2.45, 2.75) is 39.5 Å². The van der Waals surface area contributed by atoms with Crippen LogP contribution in [-0.4, -0.2) is 24.5 Å². The normalized spacial score (nSPS) is 25.2. The molecule has 0 aromatic carbocycles. The van der Waals surface area contributed by atoms with Gasteiger partial charge in [-0.3, -0.25) is 0 Å². The Morgan fingerprint density at radius 2 is 1.85 bits per heavy atom. The molecule has 0 N–H and O–H groups in total. The summed E-state index contributed by atoms with van der Waals surface area (Å²) in [6.07, 6.45) is 5.88. The van der Waals surface area contributed by atoms with E-state index in [9.17, 15) is 0 Å². The van der Waals surface area contributed by atoms with Crippen LogP contribution in [0.2, 0.25) is 0 Å². The molecule has 1 aliphatic heterocycles. The van der Waals surface area contributed by atoms with Gasteiger partial charge in [-0.25, -0.2) is 0 Å². The molecule has 0 atom stereocenters.